The number of nitrogens with zero attached hydrogens (tertiary/aromatic N) is 4. The molecule has 0 bridgehead atoms. The average molecular weight is 571 g/mol. The van der Waals surface area contributed by atoms with E-state index in [1.54, 1.807) is 12.4 Å². The minimum atomic E-state index is -3.49. The van der Waals surface area contributed by atoms with E-state index in [2.05, 4.69) is 57.9 Å². The monoisotopic (exact) mass is 570 g/mol. The standard InChI is InChI=1S/C37H23N4OP/c42-43(26-19-18-24-10-8-20-38-32(24)22-26,27-21-25-9-1-5-14-31(25)39-23-27)35-17-7-16-34-36(35)40-37-30-13-3-2-11-28(30)29-12-4-6-15-33(29)41(34)37/h1-23H. The van der Waals surface area contributed by atoms with Crippen molar-refractivity contribution in [3.8, 4) is 0 Å². The Morgan fingerprint density at radius 3 is 2.26 bits per heavy atom. The second kappa shape index (κ2) is 9.06. The molecule has 5 aromatic carbocycles. The predicted molar refractivity (Wildman–Crippen MR) is 178 cm³/mol. The number of imidazole rings is 1. The van der Waals surface area contributed by atoms with Gasteiger partial charge in [-0.25, -0.2) is 4.98 Å². The van der Waals surface area contributed by atoms with Crippen LogP contribution in [0.1, 0.15) is 0 Å². The van der Waals surface area contributed by atoms with Crippen molar-refractivity contribution in [2.45, 2.75) is 0 Å². The van der Waals surface area contributed by atoms with E-state index in [0.717, 1.165) is 60.2 Å². The maximum atomic E-state index is 16.0. The first-order valence-electron chi connectivity index (χ1n) is 14.2. The molecule has 0 aliphatic heterocycles. The topological polar surface area (TPSA) is 60.2 Å². The summed E-state index contributed by atoms with van der Waals surface area (Å²) >= 11 is 0. The maximum absolute atomic E-state index is 16.0. The summed E-state index contributed by atoms with van der Waals surface area (Å²) in [5.41, 5.74) is 5.21. The molecule has 4 aromatic heterocycles. The van der Waals surface area contributed by atoms with Gasteiger partial charge in [0.1, 0.15) is 11.2 Å². The number of hydrogen-bond acceptors (Lipinski definition) is 4. The Balaban J connectivity index is 1.43. The normalized spacial score (nSPS) is 13.4. The molecule has 6 heteroatoms. The summed E-state index contributed by atoms with van der Waals surface area (Å²) in [6.07, 6.45) is 3.54. The van der Waals surface area contributed by atoms with E-state index in [1.165, 1.54) is 0 Å². The molecule has 0 N–H and O–H groups in total. The van der Waals surface area contributed by atoms with Gasteiger partial charge in [-0.3, -0.25) is 14.4 Å². The highest BCUT2D eigenvalue weighted by Gasteiger charge is 2.34. The smallest absolute Gasteiger partial charge is 0.174 e. The molecule has 9 aromatic rings. The van der Waals surface area contributed by atoms with Gasteiger partial charge in [-0.05, 0) is 47.9 Å². The van der Waals surface area contributed by atoms with Crippen molar-refractivity contribution in [1.29, 1.82) is 0 Å². The van der Waals surface area contributed by atoms with Crippen LogP contribution in [0.2, 0.25) is 0 Å². The molecule has 0 radical (unpaired) electrons. The van der Waals surface area contributed by atoms with Crippen LogP contribution in [0.3, 0.4) is 0 Å². The molecular formula is C37H23N4OP. The fraction of sp³-hybridized carbons (Fsp3) is 0. The van der Waals surface area contributed by atoms with Gasteiger partial charge < -0.3 is 4.57 Å². The van der Waals surface area contributed by atoms with Gasteiger partial charge in [0.15, 0.2) is 7.14 Å². The molecule has 0 saturated heterocycles. The Bertz CT molecular complexity index is 2540. The first kappa shape index (κ1) is 24.2. The third kappa shape index (κ3) is 3.46. The van der Waals surface area contributed by atoms with Crippen LogP contribution in [0.4, 0.5) is 0 Å². The van der Waals surface area contributed by atoms with E-state index in [0.29, 0.717) is 15.9 Å². The summed E-state index contributed by atoms with van der Waals surface area (Å²) in [5.74, 6) is 0. The van der Waals surface area contributed by atoms with Crippen LogP contribution < -0.4 is 15.9 Å². The molecule has 0 amide bonds. The number of benzene rings is 5. The fourth-order valence-corrected chi connectivity index (χ4v) is 9.23. The Kier molecular flexibility index (Phi) is 5.11. The highest BCUT2D eigenvalue weighted by atomic mass is 31.2. The van der Waals surface area contributed by atoms with Gasteiger partial charge in [-0.1, -0.05) is 84.9 Å². The molecule has 0 aliphatic rings. The second-order valence-corrected chi connectivity index (χ2v) is 13.6. The lowest BCUT2D eigenvalue weighted by Crippen LogP contribution is -2.26. The summed E-state index contributed by atoms with van der Waals surface area (Å²) in [6.45, 7) is 0. The highest BCUT2D eigenvalue weighted by Crippen LogP contribution is 2.45. The molecule has 1 unspecified atom stereocenters. The summed E-state index contributed by atoms with van der Waals surface area (Å²) < 4.78 is 18.2. The molecule has 0 aliphatic carbocycles. The number of fused-ring (bicyclic) bond motifs is 10. The molecule has 0 fully saturated rings. The molecular weight excluding hydrogens is 547 g/mol. The van der Waals surface area contributed by atoms with E-state index in [-0.39, 0.29) is 0 Å². The van der Waals surface area contributed by atoms with E-state index >= 15 is 4.57 Å². The van der Waals surface area contributed by atoms with Crippen LogP contribution in [0.5, 0.6) is 0 Å². The van der Waals surface area contributed by atoms with Gasteiger partial charge in [-0.15, -0.1) is 0 Å². The summed E-state index contributed by atoms with van der Waals surface area (Å²) in [4.78, 5) is 14.6. The van der Waals surface area contributed by atoms with E-state index in [4.69, 9.17) is 9.97 Å². The lowest BCUT2D eigenvalue weighted by atomic mass is 10.1. The summed E-state index contributed by atoms with van der Waals surface area (Å²) in [5, 5.41) is 7.35. The Labute approximate surface area is 246 Å². The first-order chi connectivity index (χ1) is 21.2. The number of pyridine rings is 3. The molecule has 0 spiro atoms. The van der Waals surface area contributed by atoms with Gasteiger partial charge in [0.05, 0.1) is 22.1 Å². The predicted octanol–water partition coefficient (Wildman–Crippen LogP) is 7.53. The number of rotatable bonds is 3. The minimum absolute atomic E-state index is 0.667. The molecule has 5 nitrogen and oxygen atoms in total. The molecule has 43 heavy (non-hydrogen) atoms. The van der Waals surface area contributed by atoms with Crippen molar-refractivity contribution >= 4 is 83.2 Å². The lowest BCUT2D eigenvalue weighted by Gasteiger charge is -2.21. The zero-order chi connectivity index (χ0) is 28.5. The Hall–Kier alpha value is -5.38. The van der Waals surface area contributed by atoms with E-state index in [1.807, 2.05) is 78.9 Å². The second-order valence-electron chi connectivity index (χ2n) is 10.9. The van der Waals surface area contributed by atoms with Crippen LogP contribution in [0.15, 0.2) is 140 Å². The lowest BCUT2D eigenvalue weighted by molar-refractivity contribution is 0.592. The highest BCUT2D eigenvalue weighted by molar-refractivity contribution is 7.85. The van der Waals surface area contributed by atoms with Gasteiger partial charge in [0.25, 0.3) is 0 Å². The molecule has 4 heterocycles. The zero-order valence-corrected chi connectivity index (χ0v) is 23.8. The largest absolute Gasteiger partial charge is 0.308 e. The summed E-state index contributed by atoms with van der Waals surface area (Å²) in [7, 11) is -3.49. The number of hydrogen-bond donors (Lipinski definition) is 0. The van der Waals surface area contributed by atoms with Crippen LogP contribution in [0.25, 0.3) is 60.2 Å². The van der Waals surface area contributed by atoms with Crippen molar-refractivity contribution in [3.05, 3.63) is 140 Å². The minimum Gasteiger partial charge on any atom is -0.308 e. The van der Waals surface area contributed by atoms with Crippen molar-refractivity contribution in [3.63, 3.8) is 0 Å². The third-order valence-electron chi connectivity index (χ3n) is 8.50. The molecule has 1 atom stereocenters. The van der Waals surface area contributed by atoms with Crippen molar-refractivity contribution in [1.82, 2.24) is 19.4 Å². The van der Waals surface area contributed by atoms with E-state index < -0.39 is 7.14 Å². The molecule has 202 valence electrons. The Morgan fingerprint density at radius 1 is 0.558 bits per heavy atom. The van der Waals surface area contributed by atoms with E-state index in [9.17, 15) is 0 Å². The SMILES string of the molecule is O=P(c1cnc2ccccc2c1)(c1ccc2cccnc2c1)c1cccc2c1nc1c3ccccc3c3ccccc3n21. The van der Waals surface area contributed by atoms with Gasteiger partial charge in [-0.2, -0.15) is 0 Å². The maximum Gasteiger partial charge on any atom is 0.174 e. The third-order valence-corrected chi connectivity index (χ3v) is 11.5. The first-order valence-corrected chi connectivity index (χ1v) is 15.9. The van der Waals surface area contributed by atoms with Crippen molar-refractivity contribution in [2.75, 3.05) is 0 Å². The van der Waals surface area contributed by atoms with Crippen LogP contribution in [-0.4, -0.2) is 19.4 Å². The van der Waals surface area contributed by atoms with Crippen LogP contribution in [-0.2, 0) is 4.57 Å². The molecule has 9 rings (SSSR count). The number of para-hydroxylation sites is 3. The van der Waals surface area contributed by atoms with Gasteiger partial charge in [0, 0.05) is 49.9 Å². The van der Waals surface area contributed by atoms with Crippen LogP contribution in [0, 0.1) is 0 Å². The molecule has 0 saturated carbocycles. The average Bonchev–Trinajstić information content (AvgIpc) is 3.48. The van der Waals surface area contributed by atoms with Crippen LogP contribution >= 0.6 is 7.14 Å². The zero-order valence-electron chi connectivity index (χ0n) is 22.9. The quantitative estimate of drug-likeness (QED) is 0.163. The van der Waals surface area contributed by atoms with Gasteiger partial charge in [0.2, 0.25) is 0 Å². The fourth-order valence-electron chi connectivity index (χ4n) is 6.48. The Morgan fingerprint density at radius 2 is 1.33 bits per heavy atom. The number of aromatic nitrogens is 4. The van der Waals surface area contributed by atoms with Crippen molar-refractivity contribution in [2.24, 2.45) is 0 Å². The van der Waals surface area contributed by atoms with Crippen molar-refractivity contribution < 1.29 is 4.57 Å². The summed E-state index contributed by atoms with van der Waals surface area (Å²) in [6, 6.07) is 42.7. The van der Waals surface area contributed by atoms with Gasteiger partial charge >= 0.3 is 0 Å².